The normalized spacial score (nSPS) is 23.1. The van der Waals surface area contributed by atoms with Crippen molar-refractivity contribution in [2.75, 3.05) is 5.75 Å². The van der Waals surface area contributed by atoms with Crippen LogP contribution in [0, 0.1) is 6.92 Å². The Bertz CT molecular complexity index is 575. The second-order valence-corrected chi connectivity index (χ2v) is 9.27. The summed E-state index contributed by atoms with van der Waals surface area (Å²) < 4.78 is 28.5. The molecule has 1 aliphatic rings. The van der Waals surface area contributed by atoms with Gasteiger partial charge in [0.15, 0.2) is 0 Å². The summed E-state index contributed by atoms with van der Waals surface area (Å²) in [6, 6.07) is 5.22. The number of nitrogens with one attached hydrogen (secondary N) is 1. The van der Waals surface area contributed by atoms with Crippen LogP contribution in [0.25, 0.3) is 0 Å². The summed E-state index contributed by atoms with van der Waals surface area (Å²) in [5.74, 6) is 1.09. The van der Waals surface area contributed by atoms with Crippen LogP contribution < -0.4 is 4.72 Å². The van der Waals surface area contributed by atoms with E-state index in [0.29, 0.717) is 10.1 Å². The molecule has 1 aromatic rings. The van der Waals surface area contributed by atoms with Crippen molar-refractivity contribution in [1.82, 2.24) is 4.72 Å². The molecule has 0 aliphatic heterocycles. The Labute approximate surface area is 134 Å². The van der Waals surface area contributed by atoms with E-state index in [1.807, 2.05) is 18.7 Å². The van der Waals surface area contributed by atoms with Gasteiger partial charge in [-0.25, -0.2) is 13.1 Å². The molecule has 20 heavy (non-hydrogen) atoms. The third kappa shape index (κ3) is 4.00. The first kappa shape index (κ1) is 16.3. The molecule has 0 spiro atoms. The second kappa shape index (κ2) is 6.81. The SMILES string of the molecule is CCSC1CCC(NS(=O)(=O)c2ccc(Br)c(C)c2)C1. The molecule has 0 amide bonds. The highest BCUT2D eigenvalue weighted by Gasteiger charge is 2.28. The predicted molar refractivity (Wildman–Crippen MR) is 88.8 cm³/mol. The number of aryl methyl sites for hydroxylation is 1. The molecular formula is C14H20BrNO2S2. The van der Waals surface area contributed by atoms with E-state index in [4.69, 9.17) is 0 Å². The van der Waals surface area contributed by atoms with Gasteiger partial charge in [-0.05, 0) is 55.7 Å². The zero-order valence-corrected chi connectivity index (χ0v) is 14.9. The third-order valence-corrected chi connectivity index (χ3v) is 7.19. The largest absolute Gasteiger partial charge is 0.240 e. The highest BCUT2D eigenvalue weighted by atomic mass is 79.9. The highest BCUT2D eigenvalue weighted by molar-refractivity contribution is 9.10. The van der Waals surface area contributed by atoms with E-state index in [2.05, 4.69) is 27.6 Å². The number of hydrogen-bond acceptors (Lipinski definition) is 3. The van der Waals surface area contributed by atoms with Crippen LogP contribution >= 0.6 is 27.7 Å². The molecule has 1 aliphatic carbocycles. The van der Waals surface area contributed by atoms with Crippen molar-refractivity contribution in [3.63, 3.8) is 0 Å². The summed E-state index contributed by atoms with van der Waals surface area (Å²) in [5, 5.41) is 0.597. The molecule has 6 heteroatoms. The fourth-order valence-electron chi connectivity index (χ4n) is 2.51. The molecule has 0 radical (unpaired) electrons. The van der Waals surface area contributed by atoms with Crippen LogP contribution in [0.5, 0.6) is 0 Å². The number of sulfonamides is 1. The molecule has 0 bridgehead atoms. The van der Waals surface area contributed by atoms with Gasteiger partial charge in [-0.3, -0.25) is 0 Å². The Morgan fingerprint density at radius 1 is 1.40 bits per heavy atom. The summed E-state index contributed by atoms with van der Waals surface area (Å²) in [4.78, 5) is 0.352. The van der Waals surface area contributed by atoms with Crippen molar-refractivity contribution < 1.29 is 8.42 Å². The van der Waals surface area contributed by atoms with Gasteiger partial charge in [0.1, 0.15) is 0 Å². The smallest absolute Gasteiger partial charge is 0.208 e. The Morgan fingerprint density at radius 3 is 2.80 bits per heavy atom. The molecule has 112 valence electrons. The van der Waals surface area contributed by atoms with E-state index in [-0.39, 0.29) is 6.04 Å². The molecule has 3 nitrogen and oxygen atoms in total. The van der Waals surface area contributed by atoms with Crippen molar-refractivity contribution in [2.24, 2.45) is 0 Å². The van der Waals surface area contributed by atoms with Crippen molar-refractivity contribution in [1.29, 1.82) is 0 Å². The van der Waals surface area contributed by atoms with Crippen LogP contribution in [0.2, 0.25) is 0 Å². The lowest BCUT2D eigenvalue weighted by molar-refractivity contribution is 0.552. The first-order valence-corrected chi connectivity index (χ1v) is 10.1. The van der Waals surface area contributed by atoms with Crippen LogP contribution in [0.4, 0.5) is 0 Å². The summed E-state index contributed by atoms with van der Waals surface area (Å²) in [6.07, 6.45) is 2.98. The quantitative estimate of drug-likeness (QED) is 0.850. The van der Waals surface area contributed by atoms with Gasteiger partial charge in [-0.1, -0.05) is 22.9 Å². The first-order chi connectivity index (χ1) is 9.42. The maximum atomic E-state index is 12.4. The lowest BCUT2D eigenvalue weighted by atomic mass is 10.2. The molecule has 1 N–H and O–H groups in total. The van der Waals surface area contributed by atoms with E-state index in [1.165, 1.54) is 0 Å². The molecular weight excluding hydrogens is 358 g/mol. The van der Waals surface area contributed by atoms with Crippen molar-refractivity contribution in [2.45, 2.75) is 49.3 Å². The minimum absolute atomic E-state index is 0.0769. The third-order valence-electron chi connectivity index (χ3n) is 3.55. The molecule has 1 fully saturated rings. The Kier molecular flexibility index (Phi) is 5.56. The van der Waals surface area contributed by atoms with Gasteiger partial charge >= 0.3 is 0 Å². The summed E-state index contributed by atoms with van der Waals surface area (Å²) >= 11 is 5.32. The predicted octanol–water partition coefficient (Wildman–Crippen LogP) is 3.71. The van der Waals surface area contributed by atoms with Crippen LogP contribution in [-0.4, -0.2) is 25.5 Å². The second-order valence-electron chi connectivity index (χ2n) is 5.12. The van der Waals surface area contributed by atoms with Crippen LogP contribution in [0.3, 0.4) is 0 Å². The lowest BCUT2D eigenvalue weighted by Crippen LogP contribution is -2.33. The standard InChI is InChI=1S/C14H20BrNO2S2/c1-3-19-12-5-4-11(9-12)16-20(17,18)13-6-7-14(15)10(2)8-13/h6-8,11-12,16H,3-5,9H2,1-2H3. The van der Waals surface area contributed by atoms with E-state index < -0.39 is 10.0 Å². The van der Waals surface area contributed by atoms with Crippen LogP contribution in [-0.2, 0) is 10.0 Å². The molecule has 2 unspecified atom stereocenters. The topological polar surface area (TPSA) is 46.2 Å². The van der Waals surface area contributed by atoms with Crippen molar-refractivity contribution >= 4 is 37.7 Å². The number of rotatable bonds is 5. The number of benzene rings is 1. The van der Waals surface area contributed by atoms with Gasteiger partial charge in [-0.2, -0.15) is 11.8 Å². The molecule has 0 heterocycles. The highest BCUT2D eigenvalue weighted by Crippen LogP contribution is 2.30. The van der Waals surface area contributed by atoms with Crippen molar-refractivity contribution in [3.05, 3.63) is 28.2 Å². The van der Waals surface area contributed by atoms with Gasteiger partial charge in [0.05, 0.1) is 4.90 Å². The number of halogens is 1. The summed E-state index contributed by atoms with van der Waals surface area (Å²) in [5.41, 5.74) is 0.929. The maximum absolute atomic E-state index is 12.4. The van der Waals surface area contributed by atoms with E-state index in [0.717, 1.165) is 35.1 Å². The summed E-state index contributed by atoms with van der Waals surface area (Å²) in [6.45, 7) is 4.04. The minimum atomic E-state index is -3.40. The van der Waals surface area contributed by atoms with Gasteiger partial charge in [0.25, 0.3) is 0 Å². The van der Waals surface area contributed by atoms with Gasteiger partial charge < -0.3 is 0 Å². The Morgan fingerprint density at radius 2 is 2.15 bits per heavy atom. The van der Waals surface area contributed by atoms with Crippen LogP contribution in [0.15, 0.2) is 27.6 Å². The van der Waals surface area contributed by atoms with E-state index in [9.17, 15) is 8.42 Å². The zero-order valence-electron chi connectivity index (χ0n) is 11.7. The fourth-order valence-corrected chi connectivity index (χ4v) is 5.26. The zero-order chi connectivity index (χ0) is 14.8. The molecule has 0 aromatic heterocycles. The average Bonchev–Trinajstić information content (AvgIpc) is 2.79. The minimum Gasteiger partial charge on any atom is -0.208 e. The van der Waals surface area contributed by atoms with Gasteiger partial charge in [0, 0.05) is 15.8 Å². The van der Waals surface area contributed by atoms with Crippen LogP contribution in [0.1, 0.15) is 31.7 Å². The summed E-state index contributed by atoms with van der Waals surface area (Å²) in [7, 11) is -3.40. The number of thioether (sulfide) groups is 1. The Hall–Kier alpha value is -0.0400. The van der Waals surface area contributed by atoms with E-state index in [1.54, 1.807) is 18.2 Å². The molecule has 0 saturated heterocycles. The van der Waals surface area contributed by atoms with Crippen molar-refractivity contribution in [3.8, 4) is 0 Å². The molecule has 1 saturated carbocycles. The fraction of sp³-hybridized carbons (Fsp3) is 0.571. The molecule has 2 atom stereocenters. The number of hydrogen-bond donors (Lipinski definition) is 1. The first-order valence-electron chi connectivity index (χ1n) is 6.82. The molecule has 1 aromatic carbocycles. The average molecular weight is 378 g/mol. The maximum Gasteiger partial charge on any atom is 0.240 e. The Balaban J connectivity index is 2.06. The molecule has 2 rings (SSSR count). The van der Waals surface area contributed by atoms with Gasteiger partial charge in [-0.15, -0.1) is 0 Å². The van der Waals surface area contributed by atoms with E-state index >= 15 is 0 Å². The lowest BCUT2D eigenvalue weighted by Gasteiger charge is -2.14. The van der Waals surface area contributed by atoms with Gasteiger partial charge in [0.2, 0.25) is 10.0 Å². The monoisotopic (exact) mass is 377 g/mol.